The number of aromatic nitrogens is 2. The van der Waals surface area contributed by atoms with E-state index in [1.807, 2.05) is 40.5 Å². The molecule has 3 aromatic rings. The number of hydrogen-bond acceptors (Lipinski definition) is 5. The highest BCUT2D eigenvalue weighted by Crippen LogP contribution is 2.34. The molecule has 0 spiro atoms. The van der Waals surface area contributed by atoms with Gasteiger partial charge in [0.2, 0.25) is 0 Å². The molecule has 0 atom stereocenters. The quantitative estimate of drug-likeness (QED) is 0.591. The van der Waals surface area contributed by atoms with Crippen molar-refractivity contribution in [3.8, 4) is 11.5 Å². The Balaban J connectivity index is 2.04. The molecule has 0 saturated heterocycles. The van der Waals surface area contributed by atoms with E-state index >= 15 is 0 Å². The van der Waals surface area contributed by atoms with Crippen molar-refractivity contribution in [3.63, 3.8) is 0 Å². The van der Waals surface area contributed by atoms with Crippen LogP contribution in [0.25, 0.3) is 17.0 Å². The Morgan fingerprint density at radius 3 is 2.58 bits per heavy atom. The SMILES string of the molecule is COc1cc2ncnc(Nc3cccc(/C=C/[123I])c3)c2cc1OC. The molecule has 0 fully saturated rings. The summed E-state index contributed by atoms with van der Waals surface area (Å²) in [5.74, 6) is 2.00. The number of nitrogens with one attached hydrogen (secondary N) is 1. The highest BCUT2D eigenvalue weighted by Gasteiger charge is 2.11. The number of ether oxygens (including phenoxy) is 2. The lowest BCUT2D eigenvalue weighted by Crippen LogP contribution is -1.98. The lowest BCUT2D eigenvalue weighted by Gasteiger charge is -2.12. The summed E-state index contributed by atoms with van der Waals surface area (Å²) in [7, 11) is 3.22. The van der Waals surface area contributed by atoms with E-state index in [1.165, 1.54) is 6.33 Å². The second kappa shape index (κ2) is 7.48. The average Bonchev–Trinajstić information content (AvgIpc) is 2.61. The standard InChI is InChI=1S/C18H16IN3O2/c1-23-16-9-14-15(10-17(16)24-2)20-11-21-18(14)22-13-5-3-4-12(8-13)6-7-19/h3-11H,1-2H3,(H,20,21,22)/b7-6+/i19-4. The predicted octanol–water partition coefficient (Wildman–Crippen LogP) is 4.80. The summed E-state index contributed by atoms with van der Waals surface area (Å²) in [5.41, 5.74) is 2.86. The van der Waals surface area contributed by atoms with E-state index in [4.69, 9.17) is 9.47 Å². The number of methoxy groups -OCH3 is 2. The van der Waals surface area contributed by atoms with Crippen LogP contribution in [-0.2, 0) is 0 Å². The van der Waals surface area contributed by atoms with Gasteiger partial charge in [-0.2, -0.15) is 0 Å². The molecular formula is C18H16IN3O2. The Morgan fingerprint density at radius 1 is 1.04 bits per heavy atom. The highest BCUT2D eigenvalue weighted by atomic mass is 123. The predicted molar refractivity (Wildman–Crippen MR) is 105 cm³/mol. The number of anilines is 2. The first-order valence-corrected chi connectivity index (χ1v) is 8.50. The van der Waals surface area contributed by atoms with Crippen molar-refractivity contribution in [1.82, 2.24) is 9.97 Å². The fourth-order valence-electron chi connectivity index (χ4n) is 2.41. The van der Waals surface area contributed by atoms with E-state index in [0.717, 1.165) is 28.0 Å². The number of halogens is 1. The van der Waals surface area contributed by atoms with Gasteiger partial charge in [0.15, 0.2) is 11.5 Å². The number of fused-ring (bicyclic) bond motifs is 1. The van der Waals surface area contributed by atoms with Gasteiger partial charge < -0.3 is 14.8 Å². The molecule has 5 nitrogen and oxygen atoms in total. The van der Waals surface area contributed by atoms with E-state index in [0.29, 0.717) is 11.5 Å². The van der Waals surface area contributed by atoms with Crippen molar-refractivity contribution in [2.75, 3.05) is 19.5 Å². The summed E-state index contributed by atoms with van der Waals surface area (Å²) in [4.78, 5) is 8.69. The van der Waals surface area contributed by atoms with Crippen molar-refractivity contribution in [1.29, 1.82) is 0 Å². The maximum Gasteiger partial charge on any atom is 0.162 e. The van der Waals surface area contributed by atoms with Crippen LogP contribution < -0.4 is 14.8 Å². The lowest BCUT2D eigenvalue weighted by molar-refractivity contribution is 0.356. The molecule has 2 aromatic carbocycles. The second-order valence-electron chi connectivity index (χ2n) is 4.99. The first-order valence-electron chi connectivity index (χ1n) is 7.25. The molecule has 1 N–H and O–H groups in total. The fraction of sp³-hybridized carbons (Fsp3) is 0.111. The minimum atomic E-state index is 0.642. The fourth-order valence-corrected chi connectivity index (χ4v) is 2.83. The van der Waals surface area contributed by atoms with Gasteiger partial charge in [0, 0.05) is 17.1 Å². The Bertz CT molecular complexity index is 897. The van der Waals surface area contributed by atoms with Crippen LogP contribution in [0.1, 0.15) is 5.56 Å². The molecule has 6 heteroatoms. The topological polar surface area (TPSA) is 56.3 Å². The number of nitrogens with zero attached hydrogens (tertiary/aromatic N) is 2. The number of benzene rings is 2. The zero-order valence-corrected chi connectivity index (χ0v) is 15.4. The van der Waals surface area contributed by atoms with E-state index in [2.05, 4.69) is 43.9 Å². The molecule has 1 heterocycles. The van der Waals surface area contributed by atoms with Gasteiger partial charge in [-0.1, -0.05) is 34.7 Å². The summed E-state index contributed by atoms with van der Waals surface area (Å²) in [6, 6.07) is 11.8. The van der Waals surface area contributed by atoms with Gasteiger partial charge in [-0.15, -0.1) is 0 Å². The summed E-state index contributed by atoms with van der Waals surface area (Å²) >= 11 is 2.20. The van der Waals surface area contributed by atoms with Crippen LogP contribution in [0.3, 0.4) is 0 Å². The summed E-state index contributed by atoms with van der Waals surface area (Å²) in [6.45, 7) is 0. The third-order valence-electron chi connectivity index (χ3n) is 3.55. The molecule has 122 valence electrons. The Labute approximate surface area is 153 Å². The van der Waals surface area contributed by atoms with E-state index < -0.39 is 0 Å². The van der Waals surface area contributed by atoms with Crippen LogP contribution in [0, 0.1) is 0 Å². The van der Waals surface area contributed by atoms with Crippen molar-refractivity contribution in [2.24, 2.45) is 0 Å². The minimum Gasteiger partial charge on any atom is -0.493 e. The third-order valence-corrected chi connectivity index (χ3v) is 3.91. The van der Waals surface area contributed by atoms with Crippen molar-refractivity contribution >= 4 is 51.1 Å². The molecule has 0 aliphatic carbocycles. The van der Waals surface area contributed by atoms with Gasteiger partial charge in [-0.25, -0.2) is 9.97 Å². The molecule has 0 bridgehead atoms. The Hall–Kier alpha value is -2.35. The highest BCUT2D eigenvalue weighted by molar-refractivity contribution is 14.1. The monoisotopic (exact) mass is 429 g/mol. The maximum absolute atomic E-state index is 5.38. The zero-order valence-electron chi connectivity index (χ0n) is 13.3. The zero-order chi connectivity index (χ0) is 16.9. The van der Waals surface area contributed by atoms with E-state index in [1.54, 1.807) is 14.2 Å². The van der Waals surface area contributed by atoms with Crippen LogP contribution in [0.5, 0.6) is 11.5 Å². The van der Waals surface area contributed by atoms with Crippen molar-refractivity contribution in [2.45, 2.75) is 0 Å². The van der Waals surface area contributed by atoms with Crippen LogP contribution in [0.4, 0.5) is 11.5 Å². The van der Waals surface area contributed by atoms with Crippen LogP contribution in [0.2, 0.25) is 0 Å². The first-order chi connectivity index (χ1) is 11.7. The summed E-state index contributed by atoms with van der Waals surface area (Å²) in [6.07, 6.45) is 3.57. The minimum absolute atomic E-state index is 0.642. The molecular weight excluding hydrogens is 413 g/mol. The number of hydrogen-bond donors (Lipinski definition) is 1. The Kier molecular flexibility index (Phi) is 5.14. The van der Waals surface area contributed by atoms with Crippen molar-refractivity contribution < 1.29 is 9.47 Å². The van der Waals surface area contributed by atoms with Crippen LogP contribution in [0.15, 0.2) is 46.8 Å². The second-order valence-corrected chi connectivity index (χ2v) is 5.71. The molecule has 0 saturated carbocycles. The average molecular weight is 429 g/mol. The Morgan fingerprint density at radius 2 is 1.83 bits per heavy atom. The molecule has 3 rings (SSSR count). The first kappa shape index (κ1) is 16.5. The van der Waals surface area contributed by atoms with E-state index in [-0.39, 0.29) is 0 Å². The van der Waals surface area contributed by atoms with Gasteiger partial charge >= 0.3 is 0 Å². The molecule has 0 aliphatic rings. The summed E-state index contributed by atoms with van der Waals surface area (Å²) < 4.78 is 12.7. The molecule has 1 aromatic heterocycles. The van der Waals surface area contributed by atoms with Crippen molar-refractivity contribution in [3.05, 3.63) is 52.4 Å². The van der Waals surface area contributed by atoms with E-state index in [9.17, 15) is 0 Å². The smallest absolute Gasteiger partial charge is 0.162 e. The normalized spacial score (nSPS) is 11.0. The third kappa shape index (κ3) is 3.43. The largest absolute Gasteiger partial charge is 0.493 e. The van der Waals surface area contributed by atoms with Crippen LogP contribution in [-0.4, -0.2) is 24.2 Å². The lowest BCUT2D eigenvalue weighted by atomic mass is 10.2. The molecule has 0 aliphatic heterocycles. The van der Waals surface area contributed by atoms with Crippen LogP contribution >= 0.6 is 22.6 Å². The van der Waals surface area contributed by atoms with Gasteiger partial charge in [0.05, 0.1) is 19.7 Å². The van der Waals surface area contributed by atoms with Gasteiger partial charge in [0.1, 0.15) is 12.1 Å². The summed E-state index contributed by atoms with van der Waals surface area (Å²) in [5, 5.41) is 4.22. The maximum atomic E-state index is 5.38. The molecule has 0 amide bonds. The van der Waals surface area contributed by atoms with Gasteiger partial charge in [-0.05, 0) is 33.9 Å². The molecule has 0 radical (unpaired) electrons. The molecule has 24 heavy (non-hydrogen) atoms. The molecule has 0 unspecified atom stereocenters. The van der Waals surface area contributed by atoms with Gasteiger partial charge in [0.25, 0.3) is 0 Å². The van der Waals surface area contributed by atoms with Gasteiger partial charge in [-0.3, -0.25) is 0 Å². The number of rotatable bonds is 5.